The van der Waals surface area contributed by atoms with Crippen molar-refractivity contribution < 1.29 is 9.53 Å². The van der Waals surface area contributed by atoms with Crippen molar-refractivity contribution in [3.05, 3.63) is 72.8 Å². The van der Waals surface area contributed by atoms with Crippen LogP contribution in [0.4, 0.5) is 0 Å². The van der Waals surface area contributed by atoms with Gasteiger partial charge in [-0.15, -0.1) is 0 Å². The summed E-state index contributed by atoms with van der Waals surface area (Å²) in [5.74, 6) is 0.268. The van der Waals surface area contributed by atoms with Gasteiger partial charge in [0.15, 0.2) is 0 Å². The van der Waals surface area contributed by atoms with Crippen LogP contribution < -0.4 is 4.74 Å². The number of esters is 1. The Balaban J connectivity index is 1.94. The van der Waals surface area contributed by atoms with Gasteiger partial charge in [0.1, 0.15) is 5.75 Å². The molecule has 0 aliphatic heterocycles. The first-order valence-corrected chi connectivity index (χ1v) is 7.84. The second-order valence-electron chi connectivity index (χ2n) is 5.96. The summed E-state index contributed by atoms with van der Waals surface area (Å²) >= 11 is 0. The zero-order valence-corrected chi connectivity index (χ0v) is 13.4. The second kappa shape index (κ2) is 5.50. The van der Waals surface area contributed by atoms with Crippen LogP contribution in [0, 0.1) is 0 Å². The van der Waals surface area contributed by atoms with E-state index in [0.29, 0.717) is 5.75 Å². The third-order valence-corrected chi connectivity index (χ3v) is 4.24. The highest BCUT2D eigenvalue weighted by atomic mass is 16.5. The number of rotatable bonds is 2. The van der Waals surface area contributed by atoms with E-state index in [1.54, 1.807) is 0 Å². The molecule has 116 valence electrons. The van der Waals surface area contributed by atoms with Gasteiger partial charge in [-0.3, -0.25) is 4.79 Å². The predicted molar refractivity (Wildman–Crippen MR) is 100 cm³/mol. The average Bonchev–Trinajstić information content (AvgIpc) is 2.57. The van der Waals surface area contributed by atoms with E-state index >= 15 is 0 Å². The molecular weight excluding hydrogens is 296 g/mol. The van der Waals surface area contributed by atoms with Crippen LogP contribution >= 0.6 is 0 Å². The fourth-order valence-electron chi connectivity index (χ4n) is 3.10. The lowest BCUT2D eigenvalue weighted by molar-refractivity contribution is -0.131. The van der Waals surface area contributed by atoms with Gasteiger partial charge >= 0.3 is 5.97 Å². The van der Waals surface area contributed by atoms with Gasteiger partial charge in [-0.1, -0.05) is 30.9 Å². The monoisotopic (exact) mass is 312 g/mol. The molecule has 0 saturated carbocycles. The normalized spacial score (nSPS) is 11.0. The maximum absolute atomic E-state index is 11.1. The minimum Gasteiger partial charge on any atom is -0.427 e. The Morgan fingerprint density at radius 3 is 1.96 bits per heavy atom. The van der Waals surface area contributed by atoms with Crippen LogP contribution in [0.2, 0.25) is 0 Å². The van der Waals surface area contributed by atoms with Crippen molar-refractivity contribution in [2.45, 2.75) is 6.92 Å². The third kappa shape index (κ3) is 2.52. The van der Waals surface area contributed by atoms with Crippen LogP contribution in [0.25, 0.3) is 38.4 Å². The number of benzene rings is 4. The molecule has 0 fully saturated rings. The van der Waals surface area contributed by atoms with E-state index in [9.17, 15) is 4.79 Å². The number of carbonyl (C=O) groups excluding carboxylic acids is 1. The van der Waals surface area contributed by atoms with Gasteiger partial charge in [-0.25, -0.2) is 0 Å². The predicted octanol–water partition coefficient (Wildman–Crippen LogP) is 5.71. The summed E-state index contributed by atoms with van der Waals surface area (Å²) in [5, 5.41) is 6.94. The zero-order chi connectivity index (χ0) is 16.7. The molecule has 0 bridgehead atoms. The van der Waals surface area contributed by atoms with Gasteiger partial charge in [0.05, 0.1) is 0 Å². The van der Waals surface area contributed by atoms with E-state index < -0.39 is 0 Å². The average molecular weight is 312 g/mol. The topological polar surface area (TPSA) is 26.3 Å². The molecule has 4 rings (SSSR count). The minimum absolute atomic E-state index is 0.306. The van der Waals surface area contributed by atoms with Crippen molar-refractivity contribution >= 4 is 44.4 Å². The summed E-state index contributed by atoms with van der Waals surface area (Å²) in [4.78, 5) is 11.1. The fourth-order valence-corrected chi connectivity index (χ4v) is 3.10. The summed E-state index contributed by atoms with van der Waals surface area (Å²) < 4.78 is 5.18. The van der Waals surface area contributed by atoms with Crippen LogP contribution in [0.15, 0.2) is 67.2 Å². The molecule has 2 heteroatoms. The van der Waals surface area contributed by atoms with Crippen molar-refractivity contribution in [2.24, 2.45) is 0 Å². The maximum Gasteiger partial charge on any atom is 0.308 e. The largest absolute Gasteiger partial charge is 0.427 e. The molecule has 0 heterocycles. The first kappa shape index (κ1) is 14.5. The van der Waals surface area contributed by atoms with Gasteiger partial charge in [-0.05, 0) is 80.3 Å². The highest BCUT2D eigenvalue weighted by Gasteiger charge is 2.04. The van der Waals surface area contributed by atoms with Crippen molar-refractivity contribution in [3.63, 3.8) is 0 Å². The fraction of sp³-hybridized carbons (Fsp3) is 0.0455. The van der Waals surface area contributed by atoms with Crippen molar-refractivity contribution in [1.29, 1.82) is 0 Å². The second-order valence-corrected chi connectivity index (χ2v) is 5.96. The standard InChI is InChI=1S/C22H16O2/c1-3-15-4-5-16-9-20-12-21-13-22(24-14(2)23)7-6-17(21)10-19(20)11-18(16)8-15/h3-13H,1H2,2H3. The summed E-state index contributed by atoms with van der Waals surface area (Å²) in [6.07, 6.45) is 1.86. The van der Waals surface area contributed by atoms with E-state index in [2.05, 4.69) is 49.0 Å². The number of fused-ring (bicyclic) bond motifs is 3. The Labute approximate surface area is 140 Å². The molecule has 0 aromatic heterocycles. The minimum atomic E-state index is -0.306. The highest BCUT2D eigenvalue weighted by molar-refractivity contribution is 6.05. The van der Waals surface area contributed by atoms with E-state index in [1.807, 2.05) is 24.3 Å². The molecule has 4 aromatic rings. The van der Waals surface area contributed by atoms with Crippen LogP contribution in [0.3, 0.4) is 0 Å². The molecule has 2 nitrogen and oxygen atoms in total. The van der Waals surface area contributed by atoms with E-state index in [-0.39, 0.29) is 5.97 Å². The Kier molecular flexibility index (Phi) is 3.31. The number of hydrogen-bond donors (Lipinski definition) is 0. The van der Waals surface area contributed by atoms with Crippen molar-refractivity contribution in [2.75, 3.05) is 0 Å². The lowest BCUT2D eigenvalue weighted by Gasteiger charge is -2.07. The molecule has 0 amide bonds. The highest BCUT2D eigenvalue weighted by Crippen LogP contribution is 2.30. The van der Waals surface area contributed by atoms with E-state index in [0.717, 1.165) is 16.3 Å². The van der Waals surface area contributed by atoms with Crippen LogP contribution in [-0.4, -0.2) is 5.97 Å². The van der Waals surface area contributed by atoms with Crippen molar-refractivity contribution in [3.8, 4) is 5.75 Å². The molecule has 24 heavy (non-hydrogen) atoms. The van der Waals surface area contributed by atoms with Gasteiger partial charge < -0.3 is 4.74 Å². The molecular formula is C22H16O2. The Bertz CT molecular complexity index is 1120. The third-order valence-electron chi connectivity index (χ3n) is 4.24. The Hall–Kier alpha value is -3.13. The molecule has 0 radical (unpaired) electrons. The summed E-state index contributed by atoms with van der Waals surface area (Å²) in [6.45, 7) is 5.24. The van der Waals surface area contributed by atoms with Crippen LogP contribution in [-0.2, 0) is 4.79 Å². The first-order chi connectivity index (χ1) is 11.6. The summed E-state index contributed by atoms with van der Waals surface area (Å²) in [6, 6.07) is 20.8. The zero-order valence-electron chi connectivity index (χ0n) is 13.4. The Morgan fingerprint density at radius 1 is 0.792 bits per heavy atom. The Morgan fingerprint density at radius 2 is 1.33 bits per heavy atom. The molecule has 0 aliphatic carbocycles. The molecule has 0 saturated heterocycles. The molecule has 0 unspecified atom stereocenters. The number of ether oxygens (including phenoxy) is 1. The number of carbonyl (C=O) groups is 1. The summed E-state index contributed by atoms with van der Waals surface area (Å²) in [7, 11) is 0. The van der Waals surface area contributed by atoms with Gasteiger partial charge in [0.25, 0.3) is 0 Å². The lowest BCUT2D eigenvalue weighted by Crippen LogP contribution is -2.00. The molecule has 4 aromatic carbocycles. The van der Waals surface area contributed by atoms with Gasteiger partial charge in [0, 0.05) is 6.92 Å². The smallest absolute Gasteiger partial charge is 0.308 e. The van der Waals surface area contributed by atoms with Crippen molar-refractivity contribution in [1.82, 2.24) is 0 Å². The van der Waals surface area contributed by atoms with E-state index in [4.69, 9.17) is 4.74 Å². The van der Waals surface area contributed by atoms with E-state index in [1.165, 1.54) is 28.5 Å². The van der Waals surface area contributed by atoms with Gasteiger partial charge in [0.2, 0.25) is 0 Å². The maximum atomic E-state index is 11.1. The quantitative estimate of drug-likeness (QED) is 0.269. The summed E-state index contributed by atoms with van der Waals surface area (Å²) in [5.41, 5.74) is 1.12. The number of hydrogen-bond acceptors (Lipinski definition) is 2. The van der Waals surface area contributed by atoms with Crippen LogP contribution in [0.5, 0.6) is 5.75 Å². The lowest BCUT2D eigenvalue weighted by atomic mass is 9.98. The molecule has 0 atom stereocenters. The van der Waals surface area contributed by atoms with Gasteiger partial charge in [-0.2, -0.15) is 0 Å². The van der Waals surface area contributed by atoms with Crippen LogP contribution in [0.1, 0.15) is 12.5 Å². The SMILES string of the molecule is C=Cc1ccc2cc3cc4cc(OC(C)=O)ccc4cc3cc2c1. The first-order valence-electron chi connectivity index (χ1n) is 7.84. The molecule has 0 spiro atoms. The molecule has 0 aliphatic rings. The molecule has 0 N–H and O–H groups in total.